The molecule has 1 saturated heterocycles. The maximum Gasteiger partial charge on any atom is 0.227 e. The first-order chi connectivity index (χ1) is 9.67. The molecule has 2 fully saturated rings. The van der Waals surface area contributed by atoms with E-state index in [1.54, 1.807) is 12.1 Å². The van der Waals surface area contributed by atoms with Gasteiger partial charge >= 0.3 is 0 Å². The van der Waals surface area contributed by atoms with Crippen LogP contribution in [-0.2, 0) is 11.2 Å². The number of benzene rings is 1. The molecule has 2 atom stereocenters. The van der Waals surface area contributed by atoms with Gasteiger partial charge in [0.05, 0.1) is 6.42 Å². The molecule has 5 heteroatoms. The van der Waals surface area contributed by atoms with Crippen molar-refractivity contribution in [2.24, 2.45) is 16.8 Å². The van der Waals surface area contributed by atoms with E-state index in [-0.39, 0.29) is 11.7 Å². The van der Waals surface area contributed by atoms with Gasteiger partial charge in [0, 0.05) is 18.2 Å². The van der Waals surface area contributed by atoms with Crippen LogP contribution in [0.5, 0.6) is 0 Å². The number of likely N-dealkylation sites (tertiary alicyclic amines) is 1. The third-order valence-corrected chi connectivity index (χ3v) is 4.44. The summed E-state index contributed by atoms with van der Waals surface area (Å²) in [4.78, 5) is 14.4. The zero-order valence-electron chi connectivity index (χ0n) is 11.3. The molecule has 1 aromatic carbocycles. The molecular formula is C15H19N3O2. The lowest BCUT2D eigenvalue weighted by Gasteiger charge is -2.27. The van der Waals surface area contributed by atoms with Crippen molar-refractivity contribution in [2.75, 3.05) is 6.54 Å². The van der Waals surface area contributed by atoms with Gasteiger partial charge in [-0.2, -0.15) is 0 Å². The lowest BCUT2D eigenvalue weighted by Crippen LogP contribution is -2.38. The molecular weight excluding hydrogens is 254 g/mol. The first-order valence-corrected chi connectivity index (χ1v) is 7.03. The maximum atomic E-state index is 12.3. The highest BCUT2D eigenvalue weighted by Gasteiger charge is 2.39. The van der Waals surface area contributed by atoms with E-state index < -0.39 is 0 Å². The summed E-state index contributed by atoms with van der Waals surface area (Å²) >= 11 is 0. The van der Waals surface area contributed by atoms with Crippen molar-refractivity contribution in [3.63, 3.8) is 0 Å². The number of hydrogen-bond donors (Lipinski definition) is 2. The van der Waals surface area contributed by atoms with Gasteiger partial charge < -0.3 is 15.8 Å². The molecule has 1 amide bonds. The summed E-state index contributed by atoms with van der Waals surface area (Å²) in [6.07, 6.45) is 4.07. The molecule has 1 aliphatic carbocycles. The van der Waals surface area contributed by atoms with Gasteiger partial charge in [-0.3, -0.25) is 4.79 Å². The maximum absolute atomic E-state index is 12.3. The molecule has 5 nitrogen and oxygen atoms in total. The van der Waals surface area contributed by atoms with Crippen LogP contribution in [0, 0.1) is 5.92 Å². The van der Waals surface area contributed by atoms with Crippen LogP contribution >= 0.6 is 0 Å². The Bertz CT molecular complexity index is 539. The Morgan fingerprint density at radius 3 is 2.65 bits per heavy atom. The number of nitrogens with zero attached hydrogens (tertiary/aromatic N) is 2. The number of rotatable bonds is 3. The van der Waals surface area contributed by atoms with Crippen LogP contribution in [0.4, 0.5) is 0 Å². The van der Waals surface area contributed by atoms with Crippen molar-refractivity contribution in [1.82, 2.24) is 4.90 Å². The van der Waals surface area contributed by atoms with E-state index in [4.69, 9.17) is 10.9 Å². The number of piperidine rings is 1. The van der Waals surface area contributed by atoms with Crippen LogP contribution in [0.2, 0.25) is 0 Å². The number of carbonyl (C=O) groups is 1. The summed E-state index contributed by atoms with van der Waals surface area (Å²) < 4.78 is 0. The molecule has 2 aliphatic rings. The lowest BCUT2D eigenvalue weighted by atomic mass is 10.1. The van der Waals surface area contributed by atoms with Crippen LogP contribution in [-0.4, -0.2) is 34.4 Å². The molecule has 3 N–H and O–H groups in total. The molecule has 2 unspecified atom stereocenters. The summed E-state index contributed by atoms with van der Waals surface area (Å²) in [6, 6.07) is 7.74. The third-order valence-electron chi connectivity index (χ3n) is 4.44. The van der Waals surface area contributed by atoms with Crippen LogP contribution in [0.1, 0.15) is 30.4 Å². The molecule has 2 bridgehead atoms. The second kappa shape index (κ2) is 5.15. The Kier molecular flexibility index (Phi) is 3.34. The number of oxime groups is 1. The summed E-state index contributed by atoms with van der Waals surface area (Å²) in [5.74, 6) is 1.03. The van der Waals surface area contributed by atoms with E-state index in [1.807, 2.05) is 17.0 Å². The number of hydrogen-bond acceptors (Lipinski definition) is 3. The van der Waals surface area contributed by atoms with Gasteiger partial charge in [-0.05, 0) is 30.7 Å². The molecule has 3 rings (SSSR count). The summed E-state index contributed by atoms with van der Waals surface area (Å²) in [5, 5.41) is 11.6. The molecule has 1 heterocycles. The number of amides is 1. The fourth-order valence-electron chi connectivity index (χ4n) is 3.36. The zero-order chi connectivity index (χ0) is 14.1. The topological polar surface area (TPSA) is 78.9 Å². The van der Waals surface area contributed by atoms with E-state index in [0.717, 1.165) is 18.0 Å². The Balaban J connectivity index is 1.64. The number of carbonyl (C=O) groups excluding carboxylic acids is 1. The van der Waals surface area contributed by atoms with Gasteiger partial charge in [0.15, 0.2) is 5.84 Å². The molecule has 1 aliphatic heterocycles. The SMILES string of the molecule is NC(=NO)c1ccc(CC(=O)N2CC3CCC2C3)cc1. The van der Waals surface area contributed by atoms with Gasteiger partial charge in [-0.15, -0.1) is 0 Å². The molecule has 0 aromatic heterocycles. The molecule has 0 radical (unpaired) electrons. The minimum atomic E-state index is 0.0831. The minimum Gasteiger partial charge on any atom is -0.409 e. The van der Waals surface area contributed by atoms with Crippen LogP contribution in [0.3, 0.4) is 0 Å². The average Bonchev–Trinajstić information content (AvgIpc) is 3.10. The Hall–Kier alpha value is -2.04. The van der Waals surface area contributed by atoms with Gasteiger partial charge in [0.2, 0.25) is 5.91 Å². The summed E-state index contributed by atoms with van der Waals surface area (Å²) in [6.45, 7) is 0.936. The van der Waals surface area contributed by atoms with Crippen molar-refractivity contribution in [1.29, 1.82) is 0 Å². The van der Waals surface area contributed by atoms with Crippen molar-refractivity contribution < 1.29 is 10.0 Å². The second-order valence-electron chi connectivity index (χ2n) is 5.74. The van der Waals surface area contributed by atoms with Crippen LogP contribution in [0.25, 0.3) is 0 Å². The highest BCUT2D eigenvalue weighted by atomic mass is 16.4. The van der Waals surface area contributed by atoms with E-state index in [9.17, 15) is 4.79 Å². The fourth-order valence-corrected chi connectivity index (χ4v) is 3.36. The van der Waals surface area contributed by atoms with Crippen molar-refractivity contribution >= 4 is 11.7 Å². The minimum absolute atomic E-state index is 0.0831. The molecule has 1 aromatic rings. The lowest BCUT2D eigenvalue weighted by molar-refractivity contribution is -0.132. The van der Waals surface area contributed by atoms with Crippen molar-refractivity contribution in [2.45, 2.75) is 31.7 Å². The molecule has 20 heavy (non-hydrogen) atoms. The van der Waals surface area contributed by atoms with E-state index >= 15 is 0 Å². The molecule has 106 valence electrons. The first kappa shape index (κ1) is 13.0. The molecule has 1 saturated carbocycles. The summed E-state index contributed by atoms with van der Waals surface area (Å²) in [7, 11) is 0. The normalized spacial score (nSPS) is 25.2. The predicted molar refractivity (Wildman–Crippen MR) is 75.5 cm³/mol. The predicted octanol–water partition coefficient (Wildman–Crippen LogP) is 1.33. The second-order valence-corrected chi connectivity index (χ2v) is 5.74. The fraction of sp³-hybridized carbons (Fsp3) is 0.467. The van der Waals surface area contributed by atoms with Gasteiger partial charge in [0.25, 0.3) is 0 Å². The van der Waals surface area contributed by atoms with Crippen LogP contribution < -0.4 is 5.73 Å². The largest absolute Gasteiger partial charge is 0.409 e. The number of fused-ring (bicyclic) bond motifs is 2. The number of amidine groups is 1. The van der Waals surface area contributed by atoms with Crippen LogP contribution in [0.15, 0.2) is 29.4 Å². The highest BCUT2D eigenvalue weighted by molar-refractivity contribution is 5.97. The average molecular weight is 273 g/mol. The third kappa shape index (κ3) is 2.35. The highest BCUT2D eigenvalue weighted by Crippen LogP contribution is 2.37. The monoisotopic (exact) mass is 273 g/mol. The summed E-state index contributed by atoms with van der Waals surface area (Å²) in [5.41, 5.74) is 7.13. The van der Waals surface area contributed by atoms with Crippen molar-refractivity contribution in [3.8, 4) is 0 Å². The standard InChI is InChI=1S/C15H19N3O2/c16-15(17-20)12-4-1-10(2-5-12)8-14(19)18-9-11-3-6-13(18)7-11/h1-2,4-5,11,13,20H,3,6-9H2,(H2,16,17). The Labute approximate surface area is 118 Å². The Morgan fingerprint density at radius 1 is 1.35 bits per heavy atom. The van der Waals surface area contributed by atoms with E-state index in [2.05, 4.69) is 5.16 Å². The van der Waals surface area contributed by atoms with Gasteiger partial charge in [-0.25, -0.2) is 0 Å². The Morgan fingerprint density at radius 2 is 2.10 bits per heavy atom. The zero-order valence-corrected chi connectivity index (χ0v) is 11.3. The number of nitrogens with two attached hydrogens (primary N) is 1. The van der Waals surface area contributed by atoms with E-state index in [0.29, 0.717) is 18.0 Å². The quantitative estimate of drug-likeness (QED) is 0.377. The van der Waals surface area contributed by atoms with Gasteiger partial charge in [0.1, 0.15) is 0 Å². The smallest absolute Gasteiger partial charge is 0.227 e. The van der Waals surface area contributed by atoms with E-state index in [1.165, 1.54) is 19.3 Å². The van der Waals surface area contributed by atoms with Gasteiger partial charge in [-0.1, -0.05) is 29.4 Å². The molecule has 0 spiro atoms. The first-order valence-electron chi connectivity index (χ1n) is 7.03. The van der Waals surface area contributed by atoms with Crippen molar-refractivity contribution in [3.05, 3.63) is 35.4 Å².